The second-order valence-corrected chi connectivity index (χ2v) is 5.21. The molecule has 0 bridgehead atoms. The van der Waals surface area contributed by atoms with Crippen molar-refractivity contribution in [3.05, 3.63) is 35.6 Å². The van der Waals surface area contributed by atoms with Crippen molar-refractivity contribution in [2.45, 2.75) is 12.5 Å². The van der Waals surface area contributed by atoms with Crippen LogP contribution < -0.4 is 0 Å². The Kier molecular flexibility index (Phi) is 4.19. The fraction of sp³-hybridized carbons (Fsp3) is 0.385. The molecule has 1 saturated heterocycles. The number of carboxylic acids is 1. The maximum Gasteiger partial charge on any atom is 0.331 e. The molecule has 0 spiro atoms. The Bertz CT molecular complexity index is 491. The summed E-state index contributed by atoms with van der Waals surface area (Å²) in [7, 11) is 0. The van der Waals surface area contributed by atoms with Crippen molar-refractivity contribution in [1.29, 1.82) is 0 Å². The Labute approximate surface area is 118 Å². The van der Waals surface area contributed by atoms with Crippen molar-refractivity contribution < 1.29 is 19.1 Å². The van der Waals surface area contributed by atoms with Crippen molar-refractivity contribution in [2.24, 2.45) is 5.92 Å². The monoisotopic (exact) mass is 329 g/mol. The Morgan fingerprint density at radius 1 is 1.47 bits per heavy atom. The highest BCUT2D eigenvalue weighted by atomic mass is 79.9. The highest BCUT2D eigenvalue weighted by molar-refractivity contribution is 9.09. The van der Waals surface area contributed by atoms with Gasteiger partial charge >= 0.3 is 5.97 Å². The number of carbonyl (C=O) groups is 2. The molecule has 4 nitrogen and oxygen atoms in total. The molecular weight excluding hydrogens is 317 g/mol. The topological polar surface area (TPSA) is 57.6 Å². The number of alkyl halides is 1. The van der Waals surface area contributed by atoms with E-state index in [1.807, 2.05) is 0 Å². The fourth-order valence-electron chi connectivity index (χ4n) is 2.26. The average molecular weight is 330 g/mol. The smallest absolute Gasteiger partial charge is 0.331 e. The van der Waals surface area contributed by atoms with Crippen LogP contribution in [0.2, 0.25) is 0 Å². The van der Waals surface area contributed by atoms with Crippen LogP contribution in [0.15, 0.2) is 24.3 Å². The van der Waals surface area contributed by atoms with Gasteiger partial charge in [0.2, 0.25) is 5.91 Å². The minimum atomic E-state index is -1.10. The maximum absolute atomic E-state index is 12.9. The van der Waals surface area contributed by atoms with E-state index < -0.39 is 17.8 Å². The van der Waals surface area contributed by atoms with Crippen LogP contribution in [-0.4, -0.2) is 33.8 Å². The molecule has 1 aromatic carbocycles. The minimum absolute atomic E-state index is 0.120. The van der Waals surface area contributed by atoms with Crippen molar-refractivity contribution in [3.63, 3.8) is 0 Å². The van der Waals surface area contributed by atoms with Crippen molar-refractivity contribution in [2.75, 3.05) is 11.9 Å². The highest BCUT2D eigenvalue weighted by Gasteiger charge is 2.38. The summed E-state index contributed by atoms with van der Waals surface area (Å²) in [6, 6.07) is 4.17. The molecule has 1 fully saturated rings. The molecule has 1 amide bonds. The molecule has 1 heterocycles. The normalized spacial score (nSPS) is 20.6. The van der Waals surface area contributed by atoms with Gasteiger partial charge in [-0.25, -0.2) is 9.18 Å². The third-order valence-electron chi connectivity index (χ3n) is 3.19. The van der Waals surface area contributed by atoms with E-state index in [0.717, 1.165) is 0 Å². The summed E-state index contributed by atoms with van der Waals surface area (Å²) >= 11 is 3.31. The van der Waals surface area contributed by atoms with Gasteiger partial charge in [0, 0.05) is 18.3 Å². The predicted molar refractivity (Wildman–Crippen MR) is 70.4 cm³/mol. The molecule has 1 aromatic rings. The lowest BCUT2D eigenvalue weighted by molar-refractivity contribution is -0.148. The number of amides is 1. The van der Waals surface area contributed by atoms with E-state index in [4.69, 9.17) is 0 Å². The largest absolute Gasteiger partial charge is 0.479 e. The molecule has 0 aliphatic carbocycles. The van der Waals surface area contributed by atoms with Crippen LogP contribution in [0, 0.1) is 11.7 Å². The Morgan fingerprint density at radius 2 is 2.11 bits per heavy atom. The van der Waals surface area contributed by atoms with Crippen LogP contribution in [0.25, 0.3) is 0 Å². The molecular formula is C13H13BrFNO3. The number of likely N-dealkylation sites (tertiary alicyclic amines) is 1. The van der Waals surface area contributed by atoms with Gasteiger partial charge in [-0.2, -0.15) is 0 Å². The van der Waals surface area contributed by atoms with E-state index in [1.165, 1.54) is 29.2 Å². The first-order valence-electron chi connectivity index (χ1n) is 5.86. The summed E-state index contributed by atoms with van der Waals surface area (Å²) in [5.41, 5.74) is 0.414. The standard InChI is InChI=1S/C13H13BrFNO3/c14-6-8-5-11(17)16(7-8)12(13(18)19)9-1-3-10(15)4-2-9/h1-4,8,12H,5-7H2,(H,18,19)/t8?,12-/m0/s1. The molecule has 1 aliphatic rings. The average Bonchev–Trinajstić information content (AvgIpc) is 2.73. The third-order valence-corrected chi connectivity index (χ3v) is 4.10. The number of rotatable bonds is 4. The molecule has 1 unspecified atom stereocenters. The zero-order valence-corrected chi connectivity index (χ0v) is 11.6. The molecule has 6 heteroatoms. The zero-order valence-electron chi connectivity index (χ0n) is 10.1. The summed E-state index contributed by atoms with van der Waals surface area (Å²) < 4.78 is 12.9. The fourth-order valence-corrected chi connectivity index (χ4v) is 2.70. The Hall–Kier alpha value is -1.43. The number of benzene rings is 1. The number of nitrogens with zero attached hydrogens (tertiary/aromatic N) is 1. The summed E-state index contributed by atoms with van der Waals surface area (Å²) in [5.74, 6) is -1.59. The summed E-state index contributed by atoms with van der Waals surface area (Å²) in [6.45, 7) is 0.401. The van der Waals surface area contributed by atoms with Gasteiger partial charge in [0.15, 0.2) is 6.04 Å². The molecule has 0 saturated carbocycles. The lowest BCUT2D eigenvalue weighted by atomic mass is 10.1. The second kappa shape index (κ2) is 5.69. The van der Waals surface area contributed by atoms with Gasteiger partial charge < -0.3 is 10.0 Å². The van der Waals surface area contributed by atoms with E-state index in [2.05, 4.69) is 15.9 Å². The number of halogens is 2. The van der Waals surface area contributed by atoms with Crippen LogP contribution in [0.3, 0.4) is 0 Å². The molecule has 0 aromatic heterocycles. The number of hydrogen-bond acceptors (Lipinski definition) is 2. The van der Waals surface area contributed by atoms with Gasteiger partial charge in [-0.3, -0.25) is 4.79 Å². The first-order chi connectivity index (χ1) is 9.02. The molecule has 2 rings (SSSR count). The first-order valence-corrected chi connectivity index (χ1v) is 6.98. The van der Waals surface area contributed by atoms with Crippen LogP contribution in [0.4, 0.5) is 4.39 Å². The van der Waals surface area contributed by atoms with Crippen molar-refractivity contribution in [3.8, 4) is 0 Å². The number of carboxylic acid groups (broad SMARTS) is 1. The lowest BCUT2D eigenvalue weighted by Gasteiger charge is -2.25. The van der Waals surface area contributed by atoms with E-state index in [9.17, 15) is 19.1 Å². The Morgan fingerprint density at radius 3 is 2.58 bits per heavy atom. The van der Waals surface area contributed by atoms with Crippen LogP contribution in [0.5, 0.6) is 0 Å². The van der Waals surface area contributed by atoms with Gasteiger partial charge in [0.1, 0.15) is 5.82 Å². The van der Waals surface area contributed by atoms with E-state index in [-0.39, 0.29) is 11.8 Å². The lowest BCUT2D eigenvalue weighted by Crippen LogP contribution is -2.35. The summed E-state index contributed by atoms with van der Waals surface area (Å²) in [5, 5.41) is 9.99. The Balaban J connectivity index is 2.28. The quantitative estimate of drug-likeness (QED) is 0.861. The second-order valence-electron chi connectivity index (χ2n) is 4.56. The van der Waals surface area contributed by atoms with Gasteiger partial charge in [-0.1, -0.05) is 28.1 Å². The van der Waals surface area contributed by atoms with Gasteiger partial charge in [-0.15, -0.1) is 0 Å². The molecule has 0 radical (unpaired) electrons. The molecule has 1 N–H and O–H groups in total. The van der Waals surface area contributed by atoms with Crippen LogP contribution in [0.1, 0.15) is 18.0 Å². The molecule has 102 valence electrons. The van der Waals surface area contributed by atoms with E-state index >= 15 is 0 Å². The number of carbonyl (C=O) groups excluding carboxylic acids is 1. The number of hydrogen-bond donors (Lipinski definition) is 1. The summed E-state index contributed by atoms with van der Waals surface area (Å²) in [4.78, 5) is 24.7. The first kappa shape index (κ1) is 14.0. The molecule has 2 atom stereocenters. The predicted octanol–water partition coefficient (Wildman–Crippen LogP) is 2.19. The van der Waals surface area contributed by atoms with Crippen molar-refractivity contribution in [1.82, 2.24) is 4.90 Å². The summed E-state index contributed by atoms with van der Waals surface area (Å²) in [6.07, 6.45) is 0.343. The maximum atomic E-state index is 12.9. The zero-order chi connectivity index (χ0) is 14.0. The minimum Gasteiger partial charge on any atom is -0.479 e. The van der Waals surface area contributed by atoms with E-state index in [1.54, 1.807) is 0 Å². The molecule has 1 aliphatic heterocycles. The van der Waals surface area contributed by atoms with E-state index in [0.29, 0.717) is 23.9 Å². The van der Waals surface area contributed by atoms with Crippen LogP contribution in [-0.2, 0) is 9.59 Å². The van der Waals surface area contributed by atoms with Crippen molar-refractivity contribution >= 4 is 27.8 Å². The third kappa shape index (κ3) is 2.94. The highest BCUT2D eigenvalue weighted by Crippen LogP contribution is 2.29. The SMILES string of the molecule is O=C(O)[C@H](c1ccc(F)cc1)N1CC(CBr)CC1=O. The van der Waals surface area contributed by atoms with Gasteiger partial charge in [0.05, 0.1) is 0 Å². The van der Waals surface area contributed by atoms with Crippen LogP contribution >= 0.6 is 15.9 Å². The molecule has 19 heavy (non-hydrogen) atoms. The van der Waals surface area contributed by atoms with Gasteiger partial charge in [0.25, 0.3) is 0 Å². The van der Waals surface area contributed by atoms with Gasteiger partial charge in [-0.05, 0) is 23.6 Å². The number of aliphatic carboxylic acids is 1.